The second kappa shape index (κ2) is 6.07. The molecule has 0 heterocycles. The van der Waals surface area contributed by atoms with Gasteiger partial charge in [0.2, 0.25) is 0 Å². The molecule has 0 unspecified atom stereocenters. The van der Waals surface area contributed by atoms with Crippen LogP contribution in [0.1, 0.15) is 11.1 Å². The van der Waals surface area contributed by atoms with Gasteiger partial charge in [-0.2, -0.15) is 0 Å². The lowest BCUT2D eigenvalue weighted by Gasteiger charge is -2.11. The summed E-state index contributed by atoms with van der Waals surface area (Å²) in [6, 6.07) is 10.2. The van der Waals surface area contributed by atoms with Crippen molar-refractivity contribution in [1.29, 1.82) is 0 Å². The van der Waals surface area contributed by atoms with Crippen molar-refractivity contribution < 1.29 is 13.2 Å². The molecule has 0 atom stereocenters. The van der Waals surface area contributed by atoms with Crippen molar-refractivity contribution in [1.82, 2.24) is 0 Å². The number of aryl methyl sites for hydroxylation is 1. The van der Waals surface area contributed by atoms with Gasteiger partial charge in [-0.15, -0.1) is 0 Å². The predicted octanol–water partition coefficient (Wildman–Crippen LogP) is 3.32. The van der Waals surface area contributed by atoms with Gasteiger partial charge in [0.15, 0.2) is 9.84 Å². The van der Waals surface area contributed by atoms with E-state index in [4.69, 9.17) is 10.5 Å². The Hall–Kier alpha value is -1.53. The number of hydrogen-bond donors (Lipinski definition) is 1. The fraction of sp³-hybridized carbons (Fsp3) is 0.200. The van der Waals surface area contributed by atoms with Crippen LogP contribution in [0, 0.1) is 6.92 Å². The first-order chi connectivity index (χ1) is 9.83. The molecular formula is C15H16BrNO3S. The molecular weight excluding hydrogens is 354 g/mol. The first-order valence-corrected chi connectivity index (χ1v) is 8.69. The highest BCUT2D eigenvalue weighted by molar-refractivity contribution is 9.10. The minimum Gasteiger partial charge on any atom is -0.497 e. The van der Waals surface area contributed by atoms with Crippen LogP contribution in [0.3, 0.4) is 0 Å². The van der Waals surface area contributed by atoms with Gasteiger partial charge in [-0.05, 0) is 48.4 Å². The molecule has 0 aromatic heterocycles. The highest BCUT2D eigenvalue weighted by Crippen LogP contribution is 2.28. The van der Waals surface area contributed by atoms with E-state index in [1.165, 1.54) is 6.07 Å². The maximum atomic E-state index is 12.6. The van der Waals surface area contributed by atoms with E-state index in [9.17, 15) is 8.42 Å². The van der Waals surface area contributed by atoms with Crippen LogP contribution < -0.4 is 10.5 Å². The quantitative estimate of drug-likeness (QED) is 0.839. The molecule has 2 rings (SSSR count). The molecule has 0 aliphatic heterocycles. The number of hydrogen-bond acceptors (Lipinski definition) is 4. The summed E-state index contributed by atoms with van der Waals surface area (Å²) in [4.78, 5) is 0.261. The molecule has 0 aliphatic rings. The molecule has 0 fully saturated rings. The van der Waals surface area contributed by atoms with Crippen molar-refractivity contribution in [2.75, 3.05) is 12.8 Å². The summed E-state index contributed by atoms with van der Waals surface area (Å²) in [7, 11) is -1.93. The molecule has 0 amide bonds. The number of benzene rings is 2. The topological polar surface area (TPSA) is 69.4 Å². The Bertz CT molecular complexity index is 772. The maximum absolute atomic E-state index is 12.6. The number of rotatable bonds is 4. The Labute approximate surface area is 133 Å². The van der Waals surface area contributed by atoms with Crippen LogP contribution in [0.4, 0.5) is 5.69 Å². The SMILES string of the molecule is COc1ccc(Br)c(CS(=O)(=O)c2cc(N)ccc2C)c1. The van der Waals surface area contributed by atoms with E-state index in [1.807, 2.05) is 0 Å². The Kier molecular flexibility index (Phi) is 4.58. The molecule has 4 nitrogen and oxygen atoms in total. The number of nitrogen functional groups attached to an aromatic ring is 1. The maximum Gasteiger partial charge on any atom is 0.182 e. The van der Waals surface area contributed by atoms with Crippen LogP contribution in [0.25, 0.3) is 0 Å². The van der Waals surface area contributed by atoms with Gasteiger partial charge in [0.25, 0.3) is 0 Å². The zero-order chi connectivity index (χ0) is 15.6. The highest BCUT2D eigenvalue weighted by Gasteiger charge is 2.20. The van der Waals surface area contributed by atoms with Crippen molar-refractivity contribution in [3.05, 3.63) is 52.0 Å². The lowest BCUT2D eigenvalue weighted by Crippen LogP contribution is -2.08. The van der Waals surface area contributed by atoms with Crippen LogP contribution in [-0.2, 0) is 15.6 Å². The fourth-order valence-electron chi connectivity index (χ4n) is 2.02. The van der Waals surface area contributed by atoms with E-state index in [2.05, 4.69) is 15.9 Å². The summed E-state index contributed by atoms with van der Waals surface area (Å²) in [6.07, 6.45) is 0. The molecule has 21 heavy (non-hydrogen) atoms. The van der Waals surface area contributed by atoms with Crippen LogP contribution >= 0.6 is 15.9 Å². The van der Waals surface area contributed by atoms with Gasteiger partial charge in [-0.25, -0.2) is 8.42 Å². The molecule has 2 aromatic rings. The second-order valence-corrected chi connectivity index (χ2v) is 7.55. The van der Waals surface area contributed by atoms with Crippen molar-refractivity contribution >= 4 is 31.5 Å². The number of ether oxygens (including phenoxy) is 1. The lowest BCUT2D eigenvalue weighted by atomic mass is 10.2. The summed E-state index contributed by atoms with van der Waals surface area (Å²) in [5.74, 6) is 0.502. The summed E-state index contributed by atoms with van der Waals surface area (Å²) >= 11 is 3.37. The van der Waals surface area contributed by atoms with Crippen LogP contribution in [0.5, 0.6) is 5.75 Å². The van der Waals surface area contributed by atoms with E-state index in [1.54, 1.807) is 44.4 Å². The molecule has 0 aliphatic carbocycles. The van der Waals surface area contributed by atoms with E-state index < -0.39 is 9.84 Å². The summed E-state index contributed by atoms with van der Waals surface area (Å²) in [5.41, 5.74) is 7.47. The first-order valence-electron chi connectivity index (χ1n) is 6.25. The van der Waals surface area contributed by atoms with E-state index >= 15 is 0 Å². The Balaban J connectivity index is 2.44. The van der Waals surface area contributed by atoms with Gasteiger partial charge in [-0.3, -0.25) is 0 Å². The van der Waals surface area contributed by atoms with Crippen molar-refractivity contribution in [3.63, 3.8) is 0 Å². The van der Waals surface area contributed by atoms with Crippen LogP contribution in [0.15, 0.2) is 45.8 Å². The van der Waals surface area contributed by atoms with Gasteiger partial charge in [0.1, 0.15) is 5.75 Å². The van der Waals surface area contributed by atoms with Crippen molar-refractivity contribution in [3.8, 4) is 5.75 Å². The zero-order valence-corrected chi connectivity index (χ0v) is 14.2. The third-order valence-corrected chi connectivity index (χ3v) is 5.72. The van der Waals surface area contributed by atoms with Crippen LogP contribution in [0.2, 0.25) is 0 Å². The molecule has 0 saturated heterocycles. The molecule has 112 valence electrons. The average molecular weight is 370 g/mol. The summed E-state index contributed by atoms with van der Waals surface area (Å²) in [5, 5.41) is 0. The minimum absolute atomic E-state index is 0.116. The number of halogens is 1. The standard InChI is InChI=1S/C15H16BrNO3S/c1-10-3-4-12(17)8-15(10)21(18,19)9-11-7-13(20-2)5-6-14(11)16/h3-8H,9,17H2,1-2H3. The minimum atomic E-state index is -3.48. The third kappa shape index (κ3) is 3.57. The molecule has 0 radical (unpaired) electrons. The van der Waals surface area contributed by atoms with Gasteiger partial charge >= 0.3 is 0 Å². The smallest absolute Gasteiger partial charge is 0.182 e. The lowest BCUT2D eigenvalue weighted by molar-refractivity contribution is 0.414. The van der Waals surface area contributed by atoms with Gasteiger partial charge in [0.05, 0.1) is 17.8 Å². The molecule has 2 N–H and O–H groups in total. The largest absolute Gasteiger partial charge is 0.497 e. The van der Waals surface area contributed by atoms with Gasteiger partial charge in [-0.1, -0.05) is 22.0 Å². The second-order valence-electron chi connectivity index (χ2n) is 4.74. The third-order valence-electron chi connectivity index (χ3n) is 3.15. The van der Waals surface area contributed by atoms with Crippen LogP contribution in [-0.4, -0.2) is 15.5 Å². The van der Waals surface area contributed by atoms with Gasteiger partial charge in [0, 0.05) is 10.2 Å². The first kappa shape index (κ1) is 15.9. The number of nitrogens with two attached hydrogens (primary N) is 1. The van der Waals surface area contributed by atoms with Crippen molar-refractivity contribution in [2.45, 2.75) is 17.6 Å². The number of methoxy groups -OCH3 is 1. The highest BCUT2D eigenvalue weighted by atomic mass is 79.9. The number of sulfone groups is 1. The zero-order valence-electron chi connectivity index (χ0n) is 11.8. The van der Waals surface area contributed by atoms with Crippen molar-refractivity contribution in [2.24, 2.45) is 0 Å². The number of anilines is 1. The monoisotopic (exact) mass is 369 g/mol. The summed E-state index contributed by atoms with van der Waals surface area (Å²) < 4.78 is 31.1. The van der Waals surface area contributed by atoms with E-state index in [0.717, 1.165) is 4.47 Å². The molecule has 0 spiro atoms. The Morgan fingerprint density at radius 1 is 1.19 bits per heavy atom. The molecule has 6 heteroatoms. The van der Waals surface area contributed by atoms with E-state index in [-0.39, 0.29) is 10.6 Å². The van der Waals surface area contributed by atoms with Gasteiger partial charge < -0.3 is 10.5 Å². The molecule has 0 bridgehead atoms. The molecule has 0 saturated carbocycles. The Morgan fingerprint density at radius 2 is 1.90 bits per heavy atom. The van der Waals surface area contributed by atoms with E-state index in [0.29, 0.717) is 22.6 Å². The molecule has 2 aromatic carbocycles. The Morgan fingerprint density at radius 3 is 2.57 bits per heavy atom. The normalized spacial score (nSPS) is 11.4. The summed E-state index contributed by atoms with van der Waals surface area (Å²) in [6.45, 7) is 1.76. The fourth-order valence-corrected chi connectivity index (χ4v) is 4.27. The average Bonchev–Trinajstić information content (AvgIpc) is 2.43. The predicted molar refractivity (Wildman–Crippen MR) is 87.2 cm³/mol.